The highest BCUT2D eigenvalue weighted by Gasteiger charge is 2.21. The van der Waals surface area contributed by atoms with E-state index in [1.165, 1.54) is 11.1 Å². The number of amides is 1. The van der Waals surface area contributed by atoms with Crippen LogP contribution in [0.2, 0.25) is 0 Å². The Morgan fingerprint density at radius 3 is 2.11 bits per heavy atom. The van der Waals surface area contributed by atoms with E-state index < -0.39 is 0 Å². The monoisotopic (exact) mass is 503 g/mol. The fourth-order valence-corrected chi connectivity index (χ4v) is 4.88. The summed E-state index contributed by atoms with van der Waals surface area (Å²) in [7, 11) is 0. The van der Waals surface area contributed by atoms with Gasteiger partial charge in [0, 0.05) is 12.2 Å². The van der Waals surface area contributed by atoms with Crippen molar-refractivity contribution in [2.24, 2.45) is 0 Å². The molecular weight excluding hydrogens is 470 g/mol. The van der Waals surface area contributed by atoms with Crippen LogP contribution in [-0.4, -0.2) is 26.6 Å². The predicted molar refractivity (Wildman–Crippen MR) is 151 cm³/mol. The van der Waals surface area contributed by atoms with Crippen LogP contribution in [0.5, 0.6) is 0 Å². The molecule has 2 aromatic heterocycles. The number of aryl methyl sites for hydroxylation is 3. The number of pyridine rings is 1. The molecule has 0 saturated carbocycles. The van der Waals surface area contributed by atoms with E-state index in [1.54, 1.807) is 6.07 Å². The molecule has 38 heavy (non-hydrogen) atoms. The summed E-state index contributed by atoms with van der Waals surface area (Å²) in [5, 5.41) is 12.4. The zero-order valence-electron chi connectivity index (χ0n) is 22.1. The molecule has 192 valence electrons. The summed E-state index contributed by atoms with van der Waals surface area (Å²) in [4.78, 5) is 17.4. The second-order valence-corrected chi connectivity index (χ2v) is 9.97. The van der Waals surface area contributed by atoms with Crippen LogP contribution in [-0.2, 0) is 13.0 Å². The molecule has 0 fully saturated rings. The molecule has 0 unspecified atom stereocenters. The molecule has 2 heterocycles. The van der Waals surface area contributed by atoms with Crippen LogP contribution in [0, 0.1) is 26.2 Å². The number of para-hydroxylation sites is 2. The molecule has 0 radical (unpaired) electrons. The van der Waals surface area contributed by atoms with E-state index >= 15 is 0 Å². The van der Waals surface area contributed by atoms with Gasteiger partial charge in [-0.3, -0.25) is 10.2 Å². The van der Waals surface area contributed by atoms with Gasteiger partial charge in [0.25, 0.3) is 5.91 Å². The Kier molecular flexibility index (Phi) is 7.22. The Labute approximate surface area is 223 Å². The first-order valence-electron chi connectivity index (χ1n) is 13.0. The lowest BCUT2D eigenvalue weighted by molar-refractivity contribution is 0.0942. The third kappa shape index (κ3) is 5.44. The van der Waals surface area contributed by atoms with E-state index in [9.17, 15) is 10.2 Å². The lowest BCUT2D eigenvalue weighted by Crippen LogP contribution is -2.37. The summed E-state index contributed by atoms with van der Waals surface area (Å²) in [6.07, 6.45) is 0.677. The quantitative estimate of drug-likeness (QED) is 0.293. The Morgan fingerprint density at radius 2 is 1.45 bits per heavy atom. The molecule has 5 rings (SSSR count). The van der Waals surface area contributed by atoms with Gasteiger partial charge in [-0.2, -0.15) is 0 Å². The fourth-order valence-electron chi connectivity index (χ4n) is 4.88. The fraction of sp³-hybridized carbons (Fsp3) is 0.219. The van der Waals surface area contributed by atoms with Crippen LogP contribution in [0.3, 0.4) is 0 Å². The zero-order chi connectivity index (χ0) is 26.6. The van der Waals surface area contributed by atoms with Crippen molar-refractivity contribution in [2.45, 2.75) is 39.8 Å². The Balaban J connectivity index is 1.53. The number of hydrogen-bond donors (Lipinski definition) is 2. The van der Waals surface area contributed by atoms with Crippen molar-refractivity contribution in [2.75, 3.05) is 6.54 Å². The van der Waals surface area contributed by atoms with Crippen molar-refractivity contribution in [3.05, 3.63) is 130 Å². The number of carbonyl (C=O) groups is 1. The largest absolute Gasteiger partial charge is 0.349 e. The van der Waals surface area contributed by atoms with E-state index in [0.717, 1.165) is 27.9 Å². The first-order chi connectivity index (χ1) is 18.4. The van der Waals surface area contributed by atoms with Gasteiger partial charge in [0.05, 0.1) is 23.6 Å². The average Bonchev–Trinajstić information content (AvgIpc) is 3.19. The number of rotatable bonds is 8. The summed E-state index contributed by atoms with van der Waals surface area (Å²) in [6, 6.07) is 30.3. The highest BCUT2D eigenvalue weighted by atomic mass is 16.1. The molecule has 0 aliphatic carbocycles. The number of aromatic nitrogens is 3. The molecule has 0 bridgehead atoms. The SMILES string of the molecule is Cc1ccc(C[C@@H](CNC(=O)c2cccc(C)n2)n2c(=N)n(Cc3ccc(C)cc3)c3ccccc32)cc1. The van der Waals surface area contributed by atoms with Gasteiger partial charge in [0.2, 0.25) is 5.62 Å². The van der Waals surface area contributed by atoms with Crippen molar-refractivity contribution < 1.29 is 4.79 Å². The standard InChI is InChI=1S/C32H33N5O/c1-22-11-15-25(16-12-22)19-27(20-34-31(38)28-8-6-7-24(3)35-28)37-30-10-5-4-9-29(30)36(32(37)33)21-26-17-13-23(2)14-18-26/h4-18,27,33H,19-21H2,1-3H3,(H,34,38)/t27-/m0/s1. The minimum atomic E-state index is -0.210. The van der Waals surface area contributed by atoms with Crippen LogP contribution < -0.4 is 10.9 Å². The topological polar surface area (TPSA) is 75.7 Å². The summed E-state index contributed by atoms with van der Waals surface area (Å²) in [5.74, 6) is -0.210. The minimum absolute atomic E-state index is 0.164. The molecule has 1 amide bonds. The molecule has 0 aliphatic rings. The molecule has 1 atom stereocenters. The van der Waals surface area contributed by atoms with E-state index in [4.69, 9.17) is 0 Å². The molecule has 5 aromatic rings. The van der Waals surface area contributed by atoms with Gasteiger partial charge in [-0.05, 0) is 62.6 Å². The van der Waals surface area contributed by atoms with Gasteiger partial charge in [-0.25, -0.2) is 4.98 Å². The average molecular weight is 504 g/mol. The van der Waals surface area contributed by atoms with Crippen molar-refractivity contribution in [3.63, 3.8) is 0 Å². The van der Waals surface area contributed by atoms with Gasteiger partial charge in [0.15, 0.2) is 0 Å². The van der Waals surface area contributed by atoms with Crippen LogP contribution in [0.1, 0.15) is 44.5 Å². The first-order valence-corrected chi connectivity index (χ1v) is 13.0. The molecule has 0 saturated heterocycles. The van der Waals surface area contributed by atoms with Crippen LogP contribution >= 0.6 is 0 Å². The van der Waals surface area contributed by atoms with E-state index in [2.05, 4.69) is 89.4 Å². The molecule has 6 nitrogen and oxygen atoms in total. The molecule has 6 heteroatoms. The highest BCUT2D eigenvalue weighted by molar-refractivity contribution is 5.92. The van der Waals surface area contributed by atoms with Crippen LogP contribution in [0.15, 0.2) is 91.0 Å². The van der Waals surface area contributed by atoms with Gasteiger partial charge < -0.3 is 14.5 Å². The van der Waals surface area contributed by atoms with E-state index in [0.29, 0.717) is 30.8 Å². The number of benzene rings is 3. The summed E-state index contributed by atoms with van der Waals surface area (Å²) < 4.78 is 4.11. The molecule has 0 aliphatic heterocycles. The van der Waals surface area contributed by atoms with Crippen LogP contribution in [0.4, 0.5) is 0 Å². The molecule has 0 spiro atoms. The van der Waals surface area contributed by atoms with Crippen molar-refractivity contribution >= 4 is 16.9 Å². The number of nitrogens with one attached hydrogen (secondary N) is 2. The van der Waals surface area contributed by atoms with Gasteiger partial charge in [0.1, 0.15) is 5.69 Å². The Morgan fingerprint density at radius 1 is 0.816 bits per heavy atom. The molecule has 2 N–H and O–H groups in total. The summed E-state index contributed by atoms with van der Waals surface area (Å²) in [5.41, 5.74) is 8.30. The zero-order valence-corrected chi connectivity index (χ0v) is 22.1. The maximum Gasteiger partial charge on any atom is 0.269 e. The number of imidazole rings is 1. The second-order valence-electron chi connectivity index (χ2n) is 9.97. The minimum Gasteiger partial charge on any atom is -0.349 e. The lowest BCUT2D eigenvalue weighted by Gasteiger charge is -2.21. The van der Waals surface area contributed by atoms with Gasteiger partial charge >= 0.3 is 0 Å². The summed E-state index contributed by atoms with van der Waals surface area (Å²) in [6.45, 7) is 7.00. The van der Waals surface area contributed by atoms with Gasteiger partial charge in [-0.15, -0.1) is 0 Å². The van der Waals surface area contributed by atoms with Crippen LogP contribution in [0.25, 0.3) is 11.0 Å². The third-order valence-corrected chi connectivity index (χ3v) is 6.95. The van der Waals surface area contributed by atoms with Crippen molar-refractivity contribution in [1.82, 2.24) is 19.4 Å². The Bertz CT molecular complexity index is 1630. The smallest absolute Gasteiger partial charge is 0.269 e. The van der Waals surface area contributed by atoms with E-state index in [-0.39, 0.29) is 11.9 Å². The number of hydrogen-bond acceptors (Lipinski definition) is 3. The van der Waals surface area contributed by atoms with Gasteiger partial charge in [-0.1, -0.05) is 77.9 Å². The maximum atomic E-state index is 13.0. The number of nitrogens with zero attached hydrogens (tertiary/aromatic N) is 3. The number of carbonyl (C=O) groups excluding carboxylic acids is 1. The lowest BCUT2D eigenvalue weighted by atomic mass is 10.0. The normalized spacial score (nSPS) is 12.0. The molecule has 3 aromatic carbocycles. The molecular formula is C32H33N5O. The first kappa shape index (κ1) is 25.2. The predicted octanol–water partition coefficient (Wildman–Crippen LogP) is 5.50. The maximum absolute atomic E-state index is 13.0. The van der Waals surface area contributed by atoms with E-state index in [1.807, 2.05) is 35.8 Å². The number of fused-ring (bicyclic) bond motifs is 1. The summed E-state index contributed by atoms with van der Waals surface area (Å²) >= 11 is 0. The highest BCUT2D eigenvalue weighted by Crippen LogP contribution is 2.22. The van der Waals surface area contributed by atoms with Crippen molar-refractivity contribution in [1.29, 1.82) is 5.41 Å². The second kappa shape index (κ2) is 10.9. The third-order valence-electron chi connectivity index (χ3n) is 6.95. The van der Waals surface area contributed by atoms with Crippen molar-refractivity contribution in [3.8, 4) is 0 Å². The Hall–Kier alpha value is -4.45.